The number of nitrogens with zero attached hydrogens (tertiary/aromatic N) is 1. The maximum absolute atomic E-state index is 13.0. The molecule has 0 radical (unpaired) electrons. The van der Waals surface area contributed by atoms with Crippen molar-refractivity contribution in [2.24, 2.45) is 0 Å². The number of carbonyl (C=O) groups is 1. The SMILES string of the molecule is CCN(/C=C/C=C(/C(=O)OCCCCCCCI)S(=O)(=O)c1ccccc1)CC. The van der Waals surface area contributed by atoms with Gasteiger partial charge in [0.2, 0.25) is 9.84 Å². The monoisotopic (exact) mass is 533 g/mol. The molecule has 5 nitrogen and oxygen atoms in total. The van der Waals surface area contributed by atoms with E-state index in [1.54, 1.807) is 30.5 Å². The zero-order valence-electron chi connectivity index (χ0n) is 17.3. The molecule has 1 rings (SSSR count). The summed E-state index contributed by atoms with van der Waals surface area (Å²) in [5, 5.41) is 0. The van der Waals surface area contributed by atoms with Crippen LogP contribution in [0.3, 0.4) is 0 Å². The lowest BCUT2D eigenvalue weighted by molar-refractivity contribution is -0.138. The molecule has 29 heavy (non-hydrogen) atoms. The number of carbonyl (C=O) groups excluding carboxylic acids is 1. The van der Waals surface area contributed by atoms with Gasteiger partial charge in [0.1, 0.15) is 0 Å². The molecule has 0 saturated heterocycles. The molecule has 0 aromatic heterocycles. The van der Waals surface area contributed by atoms with Gasteiger partial charge in [-0.05, 0) is 61.6 Å². The fraction of sp³-hybridized carbons (Fsp3) is 0.500. The van der Waals surface area contributed by atoms with Crippen LogP contribution in [0, 0.1) is 0 Å². The molecular weight excluding hydrogens is 501 g/mol. The Morgan fingerprint density at radius 3 is 2.28 bits per heavy atom. The number of allylic oxidation sites excluding steroid dienone is 2. The van der Waals surface area contributed by atoms with Crippen LogP contribution < -0.4 is 0 Å². The van der Waals surface area contributed by atoms with E-state index < -0.39 is 15.8 Å². The maximum atomic E-state index is 13.0. The van der Waals surface area contributed by atoms with Crippen LogP contribution in [0.15, 0.2) is 58.5 Å². The molecule has 1 aromatic carbocycles. The van der Waals surface area contributed by atoms with Crippen molar-refractivity contribution in [3.8, 4) is 0 Å². The summed E-state index contributed by atoms with van der Waals surface area (Å²) in [5.41, 5.74) is 0. The second-order valence-corrected chi connectivity index (χ2v) is 9.50. The van der Waals surface area contributed by atoms with Crippen molar-refractivity contribution in [1.82, 2.24) is 4.90 Å². The number of rotatable bonds is 14. The van der Waals surface area contributed by atoms with Gasteiger partial charge in [0.15, 0.2) is 4.91 Å². The average Bonchev–Trinajstić information content (AvgIpc) is 2.73. The molecule has 0 atom stereocenters. The molecule has 0 saturated carbocycles. The molecule has 7 heteroatoms. The van der Waals surface area contributed by atoms with E-state index in [4.69, 9.17) is 4.74 Å². The first-order valence-electron chi connectivity index (χ1n) is 10.1. The quantitative estimate of drug-likeness (QED) is 0.0829. The molecule has 0 aliphatic rings. The van der Waals surface area contributed by atoms with E-state index in [0.717, 1.165) is 36.8 Å². The summed E-state index contributed by atoms with van der Waals surface area (Å²) < 4.78 is 32.4. The Kier molecular flexibility index (Phi) is 12.9. The van der Waals surface area contributed by atoms with Crippen LogP contribution in [0.4, 0.5) is 0 Å². The van der Waals surface area contributed by atoms with Gasteiger partial charge in [0, 0.05) is 13.1 Å². The average molecular weight is 533 g/mol. The number of unbranched alkanes of at least 4 members (excludes halogenated alkanes) is 4. The van der Waals surface area contributed by atoms with Crippen LogP contribution in [-0.2, 0) is 19.4 Å². The number of esters is 1. The highest BCUT2D eigenvalue weighted by molar-refractivity contribution is 14.1. The van der Waals surface area contributed by atoms with E-state index in [0.29, 0.717) is 0 Å². The van der Waals surface area contributed by atoms with Crippen LogP contribution in [0.25, 0.3) is 0 Å². The predicted molar refractivity (Wildman–Crippen MR) is 127 cm³/mol. The summed E-state index contributed by atoms with van der Waals surface area (Å²) in [6.45, 7) is 5.83. The molecule has 0 unspecified atom stereocenters. The fourth-order valence-electron chi connectivity index (χ4n) is 2.64. The Balaban J connectivity index is 2.89. The third kappa shape index (κ3) is 9.33. The maximum Gasteiger partial charge on any atom is 0.350 e. The van der Waals surface area contributed by atoms with E-state index in [9.17, 15) is 13.2 Å². The van der Waals surface area contributed by atoms with Crippen molar-refractivity contribution in [3.63, 3.8) is 0 Å². The van der Waals surface area contributed by atoms with Gasteiger partial charge in [-0.25, -0.2) is 13.2 Å². The molecule has 0 amide bonds. The molecular formula is C22H32INO4S. The largest absolute Gasteiger partial charge is 0.462 e. The summed E-state index contributed by atoms with van der Waals surface area (Å²) in [7, 11) is -3.95. The zero-order chi connectivity index (χ0) is 21.5. The van der Waals surface area contributed by atoms with Crippen LogP contribution in [0.1, 0.15) is 46.0 Å². The highest BCUT2D eigenvalue weighted by Crippen LogP contribution is 2.20. The third-order valence-corrected chi connectivity index (χ3v) is 6.95. The van der Waals surface area contributed by atoms with Gasteiger partial charge in [-0.3, -0.25) is 0 Å². The lowest BCUT2D eigenvalue weighted by atomic mass is 10.2. The van der Waals surface area contributed by atoms with Gasteiger partial charge < -0.3 is 9.64 Å². The molecule has 0 fully saturated rings. The molecule has 0 aliphatic carbocycles. The molecule has 0 spiro atoms. The van der Waals surface area contributed by atoms with E-state index in [1.165, 1.54) is 31.1 Å². The Morgan fingerprint density at radius 2 is 1.66 bits per heavy atom. The predicted octanol–water partition coefficient (Wildman–Crippen LogP) is 5.13. The van der Waals surface area contributed by atoms with Crippen LogP contribution in [-0.4, -0.2) is 43.4 Å². The summed E-state index contributed by atoms with van der Waals surface area (Å²) in [6, 6.07) is 7.98. The van der Waals surface area contributed by atoms with Crippen LogP contribution in [0.2, 0.25) is 0 Å². The lowest BCUT2D eigenvalue weighted by Crippen LogP contribution is -2.18. The van der Waals surface area contributed by atoms with E-state index in [2.05, 4.69) is 22.6 Å². The number of hydrogen-bond acceptors (Lipinski definition) is 5. The summed E-state index contributed by atoms with van der Waals surface area (Å²) in [4.78, 5) is 14.3. The first-order valence-corrected chi connectivity index (χ1v) is 13.1. The Hall–Kier alpha value is -1.35. The third-order valence-electron chi connectivity index (χ3n) is 4.41. The highest BCUT2D eigenvalue weighted by Gasteiger charge is 2.27. The normalized spacial score (nSPS) is 12.3. The van der Waals surface area contributed by atoms with Crippen molar-refractivity contribution in [1.29, 1.82) is 0 Å². The first kappa shape index (κ1) is 25.7. The minimum Gasteiger partial charge on any atom is -0.462 e. The highest BCUT2D eigenvalue weighted by atomic mass is 127. The van der Waals surface area contributed by atoms with Gasteiger partial charge in [-0.15, -0.1) is 0 Å². The first-order chi connectivity index (χ1) is 14.0. The van der Waals surface area contributed by atoms with Crippen molar-refractivity contribution in [3.05, 3.63) is 53.6 Å². The van der Waals surface area contributed by atoms with Gasteiger partial charge in [0.05, 0.1) is 11.5 Å². The number of benzene rings is 1. The van der Waals surface area contributed by atoms with E-state index in [-0.39, 0.29) is 16.4 Å². The van der Waals surface area contributed by atoms with Gasteiger partial charge in [-0.2, -0.15) is 0 Å². The summed E-state index contributed by atoms with van der Waals surface area (Å²) in [6.07, 6.45) is 9.87. The molecule has 1 aromatic rings. The Labute approximate surface area is 189 Å². The van der Waals surface area contributed by atoms with Crippen molar-refractivity contribution in [2.45, 2.75) is 50.8 Å². The second kappa shape index (κ2) is 14.6. The zero-order valence-corrected chi connectivity index (χ0v) is 20.3. The Morgan fingerprint density at radius 1 is 1.03 bits per heavy atom. The van der Waals surface area contributed by atoms with Crippen molar-refractivity contribution >= 4 is 38.4 Å². The van der Waals surface area contributed by atoms with Crippen LogP contribution >= 0.6 is 22.6 Å². The van der Waals surface area contributed by atoms with Crippen LogP contribution in [0.5, 0.6) is 0 Å². The van der Waals surface area contributed by atoms with Crippen molar-refractivity contribution < 1.29 is 17.9 Å². The van der Waals surface area contributed by atoms with Gasteiger partial charge in [-0.1, -0.05) is 60.1 Å². The molecule has 0 heterocycles. The summed E-state index contributed by atoms with van der Waals surface area (Å²) >= 11 is 2.36. The minimum atomic E-state index is -3.95. The minimum absolute atomic E-state index is 0.0817. The number of alkyl halides is 1. The second-order valence-electron chi connectivity index (χ2n) is 6.50. The standard InChI is InChI=1S/C22H32INO4S/c1-3-24(4-2)18-13-16-21(29(26,27)20-14-9-8-10-15-20)22(25)28-19-12-7-5-6-11-17-23/h8-10,13-16,18H,3-7,11-12,17,19H2,1-2H3/b18-13+,21-16-. The topological polar surface area (TPSA) is 63.7 Å². The fourth-order valence-corrected chi connectivity index (χ4v) is 4.49. The smallest absolute Gasteiger partial charge is 0.350 e. The Bertz CT molecular complexity index is 756. The van der Waals surface area contributed by atoms with Crippen molar-refractivity contribution in [2.75, 3.05) is 24.1 Å². The molecule has 0 aliphatic heterocycles. The number of hydrogen-bond donors (Lipinski definition) is 0. The number of ether oxygens (including phenoxy) is 1. The number of halogens is 1. The van der Waals surface area contributed by atoms with E-state index >= 15 is 0 Å². The molecule has 0 bridgehead atoms. The summed E-state index contributed by atoms with van der Waals surface area (Å²) in [5.74, 6) is -0.801. The van der Waals surface area contributed by atoms with E-state index in [1.807, 2.05) is 18.7 Å². The number of sulfone groups is 1. The molecule has 162 valence electrons. The van der Waals surface area contributed by atoms with Gasteiger partial charge in [0.25, 0.3) is 0 Å². The molecule has 0 N–H and O–H groups in total. The van der Waals surface area contributed by atoms with Gasteiger partial charge >= 0.3 is 5.97 Å². The lowest BCUT2D eigenvalue weighted by Gasteiger charge is -2.14.